The van der Waals surface area contributed by atoms with Crippen molar-refractivity contribution in [1.29, 1.82) is 0 Å². The van der Waals surface area contributed by atoms with Crippen LogP contribution in [-0.2, 0) is 0 Å². The van der Waals surface area contributed by atoms with E-state index >= 15 is 0 Å². The van der Waals surface area contributed by atoms with Gasteiger partial charge in [0.15, 0.2) is 0 Å². The zero-order valence-corrected chi connectivity index (χ0v) is 7.44. The van der Waals surface area contributed by atoms with Crippen molar-refractivity contribution in [3.63, 3.8) is 0 Å². The van der Waals surface area contributed by atoms with E-state index in [0.29, 0.717) is 5.03 Å². The van der Waals surface area contributed by atoms with Gasteiger partial charge in [0.1, 0.15) is 0 Å². The Kier molecular flexibility index (Phi) is 2.98. The summed E-state index contributed by atoms with van der Waals surface area (Å²) in [5.74, 6) is 0. The van der Waals surface area contributed by atoms with E-state index in [1.54, 1.807) is 0 Å². The highest BCUT2D eigenvalue weighted by Gasteiger charge is 2.07. The predicted octanol–water partition coefficient (Wildman–Crippen LogP) is 3.72. The average Bonchev–Trinajstić information content (AvgIpc) is 2.05. The van der Waals surface area contributed by atoms with E-state index in [4.69, 9.17) is 23.2 Å². The van der Waals surface area contributed by atoms with Crippen molar-refractivity contribution in [3.05, 3.63) is 47.5 Å². The lowest BCUT2D eigenvalue weighted by molar-refractivity contribution is 1.19. The van der Waals surface area contributed by atoms with Crippen molar-refractivity contribution in [2.75, 3.05) is 0 Å². The van der Waals surface area contributed by atoms with Crippen LogP contribution in [0.5, 0.6) is 0 Å². The second kappa shape index (κ2) is 3.80. The van der Waals surface area contributed by atoms with Crippen molar-refractivity contribution < 1.29 is 0 Å². The Balaban J connectivity index is 2.85. The quantitative estimate of drug-likeness (QED) is 0.619. The van der Waals surface area contributed by atoms with Gasteiger partial charge in [-0.05, 0) is 5.56 Å². The molecule has 1 aromatic rings. The highest BCUT2D eigenvalue weighted by Crippen LogP contribution is 2.29. The SMILES string of the molecule is C=C(Cl)C(Cl)c1ccccc1. The largest absolute Gasteiger partial charge is 0.112 e. The fourth-order valence-electron chi connectivity index (χ4n) is 0.803. The number of alkyl halides is 1. The lowest BCUT2D eigenvalue weighted by Gasteiger charge is -2.05. The molecule has 0 aromatic heterocycles. The molecule has 1 atom stereocenters. The molecule has 0 aliphatic heterocycles. The van der Waals surface area contributed by atoms with E-state index < -0.39 is 0 Å². The van der Waals surface area contributed by atoms with Crippen LogP contribution in [-0.4, -0.2) is 0 Å². The molecular weight excluding hydrogens is 179 g/mol. The molecule has 11 heavy (non-hydrogen) atoms. The van der Waals surface area contributed by atoms with Crippen LogP contribution in [0, 0.1) is 0 Å². The van der Waals surface area contributed by atoms with Crippen molar-refractivity contribution in [2.45, 2.75) is 5.38 Å². The summed E-state index contributed by atoms with van der Waals surface area (Å²) >= 11 is 11.5. The smallest absolute Gasteiger partial charge is 0.0935 e. The zero-order chi connectivity index (χ0) is 8.27. The van der Waals surface area contributed by atoms with E-state index in [1.807, 2.05) is 30.3 Å². The lowest BCUT2D eigenvalue weighted by atomic mass is 10.1. The summed E-state index contributed by atoms with van der Waals surface area (Å²) in [7, 11) is 0. The molecule has 0 aliphatic rings. The van der Waals surface area contributed by atoms with E-state index in [9.17, 15) is 0 Å². The van der Waals surface area contributed by atoms with Crippen LogP contribution in [0.1, 0.15) is 10.9 Å². The molecule has 1 aromatic carbocycles. The van der Waals surface area contributed by atoms with Crippen LogP contribution in [0.25, 0.3) is 0 Å². The topological polar surface area (TPSA) is 0 Å². The summed E-state index contributed by atoms with van der Waals surface area (Å²) in [6, 6.07) is 9.62. The molecule has 0 radical (unpaired) electrons. The maximum atomic E-state index is 5.91. The van der Waals surface area contributed by atoms with Gasteiger partial charge in [-0.3, -0.25) is 0 Å². The number of hydrogen-bond acceptors (Lipinski definition) is 0. The van der Waals surface area contributed by atoms with Gasteiger partial charge in [0.25, 0.3) is 0 Å². The number of rotatable bonds is 2. The Hall–Kier alpha value is -0.460. The first-order chi connectivity index (χ1) is 5.22. The summed E-state index contributed by atoms with van der Waals surface area (Å²) in [6.07, 6.45) is 0. The Morgan fingerprint density at radius 3 is 2.27 bits per heavy atom. The molecule has 1 unspecified atom stereocenters. The number of benzene rings is 1. The molecule has 0 fully saturated rings. The minimum absolute atomic E-state index is 0.280. The van der Waals surface area contributed by atoms with Crippen LogP contribution in [0.4, 0.5) is 0 Å². The summed E-state index contributed by atoms with van der Waals surface area (Å²) in [5.41, 5.74) is 0.981. The molecule has 0 N–H and O–H groups in total. The normalized spacial score (nSPS) is 12.5. The molecule has 0 heterocycles. The number of hydrogen-bond donors (Lipinski definition) is 0. The molecule has 0 saturated heterocycles. The van der Waals surface area contributed by atoms with Gasteiger partial charge >= 0.3 is 0 Å². The van der Waals surface area contributed by atoms with E-state index in [1.165, 1.54) is 0 Å². The first kappa shape index (κ1) is 8.63. The third kappa shape index (κ3) is 2.25. The Labute approximate surface area is 76.4 Å². The molecule has 0 aliphatic carbocycles. The van der Waals surface area contributed by atoms with Gasteiger partial charge in [-0.2, -0.15) is 0 Å². The average molecular weight is 187 g/mol. The zero-order valence-electron chi connectivity index (χ0n) is 5.93. The molecule has 0 amide bonds. The maximum Gasteiger partial charge on any atom is 0.0935 e. The van der Waals surface area contributed by atoms with E-state index in [-0.39, 0.29) is 5.38 Å². The van der Waals surface area contributed by atoms with Crippen molar-refractivity contribution >= 4 is 23.2 Å². The molecule has 0 saturated carbocycles. The molecule has 0 spiro atoms. The van der Waals surface area contributed by atoms with Crippen molar-refractivity contribution in [1.82, 2.24) is 0 Å². The van der Waals surface area contributed by atoms with Crippen molar-refractivity contribution in [2.24, 2.45) is 0 Å². The first-order valence-corrected chi connectivity index (χ1v) is 4.06. The van der Waals surface area contributed by atoms with Gasteiger partial charge in [-0.25, -0.2) is 0 Å². The molecule has 0 bridgehead atoms. The van der Waals surface area contributed by atoms with Gasteiger partial charge in [0, 0.05) is 5.03 Å². The van der Waals surface area contributed by atoms with E-state index in [0.717, 1.165) is 5.56 Å². The third-order valence-electron chi connectivity index (χ3n) is 1.37. The highest BCUT2D eigenvalue weighted by molar-refractivity contribution is 6.37. The molecule has 1 rings (SSSR count). The summed E-state index contributed by atoms with van der Waals surface area (Å²) in [5, 5.41) is 0.177. The fourth-order valence-corrected chi connectivity index (χ4v) is 1.07. The Bertz CT molecular complexity index is 241. The number of halogens is 2. The summed E-state index contributed by atoms with van der Waals surface area (Å²) in [4.78, 5) is 0. The minimum atomic E-state index is -0.280. The third-order valence-corrected chi connectivity index (χ3v) is 2.21. The summed E-state index contributed by atoms with van der Waals surface area (Å²) in [6.45, 7) is 3.56. The van der Waals surface area contributed by atoms with Gasteiger partial charge < -0.3 is 0 Å². The predicted molar refractivity (Wildman–Crippen MR) is 50.0 cm³/mol. The van der Waals surface area contributed by atoms with Crippen LogP contribution in [0.2, 0.25) is 0 Å². The fraction of sp³-hybridized carbons (Fsp3) is 0.111. The molecule has 2 heteroatoms. The first-order valence-electron chi connectivity index (χ1n) is 3.25. The molecule has 58 valence electrons. The second-order valence-electron chi connectivity index (χ2n) is 2.22. The standard InChI is InChI=1S/C9H8Cl2/c1-7(10)9(11)8-5-3-2-4-6-8/h2-6,9H,1H2. The van der Waals surface area contributed by atoms with Gasteiger partial charge in [-0.15, -0.1) is 11.6 Å². The van der Waals surface area contributed by atoms with Gasteiger partial charge in [0.2, 0.25) is 0 Å². The van der Waals surface area contributed by atoms with Crippen LogP contribution >= 0.6 is 23.2 Å². The summed E-state index contributed by atoms with van der Waals surface area (Å²) < 4.78 is 0. The van der Waals surface area contributed by atoms with Gasteiger partial charge in [0.05, 0.1) is 5.38 Å². The van der Waals surface area contributed by atoms with Crippen LogP contribution < -0.4 is 0 Å². The molecular formula is C9H8Cl2. The van der Waals surface area contributed by atoms with Crippen LogP contribution in [0.15, 0.2) is 41.9 Å². The lowest BCUT2D eigenvalue weighted by Crippen LogP contribution is -1.87. The highest BCUT2D eigenvalue weighted by atomic mass is 35.5. The molecule has 0 nitrogen and oxygen atoms in total. The second-order valence-corrected chi connectivity index (χ2v) is 3.14. The Morgan fingerprint density at radius 1 is 1.27 bits per heavy atom. The van der Waals surface area contributed by atoms with Crippen LogP contribution in [0.3, 0.4) is 0 Å². The van der Waals surface area contributed by atoms with E-state index in [2.05, 4.69) is 6.58 Å². The number of allylic oxidation sites excluding steroid dienone is 1. The monoisotopic (exact) mass is 186 g/mol. The maximum absolute atomic E-state index is 5.91. The minimum Gasteiger partial charge on any atom is -0.112 e. The Morgan fingerprint density at radius 2 is 1.82 bits per heavy atom. The van der Waals surface area contributed by atoms with Gasteiger partial charge in [-0.1, -0.05) is 48.5 Å². The van der Waals surface area contributed by atoms with Crippen molar-refractivity contribution in [3.8, 4) is 0 Å².